The Morgan fingerprint density at radius 3 is 2.55 bits per heavy atom. The highest BCUT2D eigenvalue weighted by Gasteiger charge is 1.98. The van der Waals surface area contributed by atoms with E-state index in [1.807, 2.05) is 0 Å². The Hall–Kier alpha value is -0.730. The molecule has 1 radical (unpaired) electrons. The Labute approximate surface area is 74.1 Å². The molecule has 0 N–H and O–H groups in total. The van der Waals surface area contributed by atoms with Crippen LogP contribution >= 0.6 is 23.2 Å². The third-order valence-corrected chi connectivity index (χ3v) is 1.84. The van der Waals surface area contributed by atoms with Gasteiger partial charge in [0.15, 0.2) is 0 Å². The number of hydrogen-bond donors (Lipinski definition) is 0. The molecule has 0 aliphatic heterocycles. The van der Waals surface area contributed by atoms with Crippen LogP contribution in [0.4, 0.5) is 5.69 Å². The van der Waals surface area contributed by atoms with Gasteiger partial charge < -0.3 is 0 Å². The molecule has 0 aliphatic carbocycles. The fraction of sp³-hybridized carbons (Fsp3) is 0. The molecule has 2 nitrogen and oxygen atoms in total. The molecule has 0 saturated carbocycles. The van der Waals surface area contributed by atoms with E-state index in [4.69, 9.17) is 23.2 Å². The molecule has 1 amide bonds. The van der Waals surface area contributed by atoms with Gasteiger partial charge in [-0.2, -0.15) is 0 Å². The van der Waals surface area contributed by atoms with Crippen molar-refractivity contribution in [2.75, 3.05) is 0 Å². The van der Waals surface area contributed by atoms with Crippen molar-refractivity contribution in [3.05, 3.63) is 28.2 Å². The lowest BCUT2D eigenvalue weighted by Crippen LogP contribution is -1.91. The Morgan fingerprint density at radius 1 is 1.27 bits per heavy atom. The maximum atomic E-state index is 9.93. The molecule has 57 valence electrons. The molecule has 4 heteroatoms. The van der Waals surface area contributed by atoms with E-state index < -0.39 is 0 Å². The number of hydrogen-bond acceptors (Lipinski definition) is 1. The summed E-state index contributed by atoms with van der Waals surface area (Å²) >= 11 is 11.3. The van der Waals surface area contributed by atoms with Crippen LogP contribution in [0.25, 0.3) is 0 Å². The normalized spacial score (nSPS) is 9.27. The van der Waals surface area contributed by atoms with Crippen LogP contribution in [0.3, 0.4) is 0 Å². The Kier molecular flexibility index (Phi) is 2.74. The highest BCUT2D eigenvalue weighted by atomic mass is 35.5. The van der Waals surface area contributed by atoms with Gasteiger partial charge in [-0.15, -0.1) is 0 Å². The second-order valence-corrected chi connectivity index (χ2v) is 2.65. The van der Waals surface area contributed by atoms with Crippen LogP contribution in [0.2, 0.25) is 10.0 Å². The summed E-state index contributed by atoms with van der Waals surface area (Å²) in [5.41, 5.74) is 0.509. The first-order chi connectivity index (χ1) is 5.24. The van der Waals surface area contributed by atoms with Crippen LogP contribution in [0.5, 0.6) is 0 Å². The van der Waals surface area contributed by atoms with E-state index in [9.17, 15) is 4.79 Å². The zero-order valence-corrected chi connectivity index (χ0v) is 6.93. The fourth-order valence-corrected chi connectivity index (χ4v) is 0.919. The molecule has 0 heterocycles. The third-order valence-electron chi connectivity index (χ3n) is 1.10. The lowest BCUT2D eigenvalue weighted by atomic mass is 10.3. The fourth-order valence-electron chi connectivity index (χ4n) is 0.626. The highest BCUT2D eigenvalue weighted by Crippen LogP contribution is 2.24. The monoisotopic (exact) mass is 188 g/mol. The predicted octanol–water partition coefficient (Wildman–Crippen LogP) is 2.39. The van der Waals surface area contributed by atoms with Crippen molar-refractivity contribution in [2.45, 2.75) is 0 Å². The van der Waals surface area contributed by atoms with Gasteiger partial charge in [-0.3, -0.25) is 4.79 Å². The summed E-state index contributed by atoms with van der Waals surface area (Å²) in [5.74, 6) is 0. The van der Waals surface area contributed by atoms with Gasteiger partial charge in [0.25, 0.3) is 0 Å². The lowest BCUT2D eigenvalue weighted by Gasteiger charge is -1.97. The second kappa shape index (κ2) is 3.60. The summed E-state index contributed by atoms with van der Waals surface area (Å²) in [6.07, 6.45) is 0.458. The Bertz CT molecular complexity index is 275. The van der Waals surface area contributed by atoms with E-state index in [0.29, 0.717) is 22.1 Å². The number of nitrogens with zero attached hydrogens (tertiary/aromatic N) is 1. The number of rotatable bonds is 2. The molecular formula is C7H4Cl2NO. The maximum Gasteiger partial charge on any atom is 0.233 e. The maximum absolute atomic E-state index is 9.93. The molecule has 0 bridgehead atoms. The van der Waals surface area contributed by atoms with Crippen molar-refractivity contribution >= 4 is 35.3 Å². The minimum absolute atomic E-state index is 0.398. The van der Waals surface area contributed by atoms with Gasteiger partial charge in [0.05, 0.1) is 15.7 Å². The van der Waals surface area contributed by atoms with E-state index in [1.54, 1.807) is 12.1 Å². The summed E-state index contributed by atoms with van der Waals surface area (Å²) in [5, 5.41) is 4.34. The minimum atomic E-state index is 0.398. The number of amides is 1. The van der Waals surface area contributed by atoms with E-state index in [1.165, 1.54) is 6.07 Å². The Morgan fingerprint density at radius 2 is 2.00 bits per heavy atom. The van der Waals surface area contributed by atoms with Gasteiger partial charge in [-0.25, -0.2) is 5.32 Å². The van der Waals surface area contributed by atoms with Crippen LogP contribution in [0.15, 0.2) is 18.2 Å². The first kappa shape index (κ1) is 8.37. The summed E-state index contributed by atoms with van der Waals surface area (Å²) in [7, 11) is 0. The average Bonchev–Trinajstić information content (AvgIpc) is 1.98. The smallest absolute Gasteiger partial charge is 0.233 e. The van der Waals surface area contributed by atoms with Crippen molar-refractivity contribution in [1.29, 1.82) is 0 Å². The van der Waals surface area contributed by atoms with Crippen LogP contribution in [0.1, 0.15) is 0 Å². The molecule has 11 heavy (non-hydrogen) atoms. The standard InChI is InChI=1S/C7H4Cl2NO/c8-6-2-1-5(10-4-11)3-7(6)9/h1-4H. The number of benzene rings is 1. The van der Waals surface area contributed by atoms with Crippen LogP contribution < -0.4 is 5.32 Å². The van der Waals surface area contributed by atoms with Crippen LogP contribution in [-0.4, -0.2) is 6.41 Å². The van der Waals surface area contributed by atoms with Gasteiger partial charge in [0, 0.05) is 0 Å². The quantitative estimate of drug-likeness (QED) is 0.657. The zero-order valence-electron chi connectivity index (χ0n) is 5.42. The van der Waals surface area contributed by atoms with Crippen LogP contribution in [0, 0.1) is 0 Å². The molecule has 0 unspecified atom stereocenters. The Balaban J connectivity index is 2.95. The van der Waals surface area contributed by atoms with E-state index in [2.05, 4.69) is 5.32 Å². The van der Waals surface area contributed by atoms with Crippen molar-refractivity contribution in [1.82, 2.24) is 5.32 Å². The molecule has 0 saturated heterocycles. The first-order valence-corrected chi connectivity index (χ1v) is 3.59. The zero-order chi connectivity index (χ0) is 8.27. The molecule has 0 aliphatic rings. The van der Waals surface area contributed by atoms with Gasteiger partial charge in [0.1, 0.15) is 0 Å². The van der Waals surface area contributed by atoms with Gasteiger partial charge in [-0.1, -0.05) is 23.2 Å². The van der Waals surface area contributed by atoms with Gasteiger partial charge in [-0.05, 0) is 18.2 Å². The molecule has 0 aromatic heterocycles. The van der Waals surface area contributed by atoms with Crippen molar-refractivity contribution in [3.8, 4) is 0 Å². The van der Waals surface area contributed by atoms with Crippen molar-refractivity contribution < 1.29 is 4.79 Å². The number of halogens is 2. The van der Waals surface area contributed by atoms with E-state index >= 15 is 0 Å². The van der Waals surface area contributed by atoms with Gasteiger partial charge in [0.2, 0.25) is 6.41 Å². The number of carbonyl (C=O) groups is 1. The van der Waals surface area contributed by atoms with E-state index in [-0.39, 0.29) is 0 Å². The van der Waals surface area contributed by atoms with E-state index in [0.717, 1.165) is 0 Å². The largest absolute Gasteiger partial charge is 0.276 e. The summed E-state index contributed by atoms with van der Waals surface area (Å²) in [6, 6.07) is 4.73. The minimum Gasteiger partial charge on any atom is -0.276 e. The summed E-state index contributed by atoms with van der Waals surface area (Å²) < 4.78 is 0. The van der Waals surface area contributed by atoms with Crippen LogP contribution in [-0.2, 0) is 4.79 Å². The van der Waals surface area contributed by atoms with Crippen molar-refractivity contribution in [2.24, 2.45) is 0 Å². The van der Waals surface area contributed by atoms with Gasteiger partial charge >= 0.3 is 0 Å². The molecule has 0 spiro atoms. The summed E-state index contributed by atoms with van der Waals surface area (Å²) in [4.78, 5) is 9.93. The summed E-state index contributed by atoms with van der Waals surface area (Å²) in [6.45, 7) is 0. The molecule has 0 fully saturated rings. The highest BCUT2D eigenvalue weighted by molar-refractivity contribution is 6.42. The second-order valence-electron chi connectivity index (χ2n) is 1.83. The molecule has 0 atom stereocenters. The molecular weight excluding hydrogens is 185 g/mol. The first-order valence-electron chi connectivity index (χ1n) is 2.83. The lowest BCUT2D eigenvalue weighted by molar-refractivity contribution is -0.108. The molecule has 1 aromatic carbocycles. The SMILES string of the molecule is O=C[N]c1ccc(Cl)c(Cl)c1. The molecule has 1 aromatic rings. The third kappa shape index (κ3) is 2.10. The topological polar surface area (TPSA) is 31.2 Å². The average molecular weight is 189 g/mol. The predicted molar refractivity (Wildman–Crippen MR) is 44.3 cm³/mol. The molecule has 1 rings (SSSR count). The van der Waals surface area contributed by atoms with Crippen molar-refractivity contribution in [3.63, 3.8) is 0 Å². The number of carbonyl (C=O) groups excluding carboxylic acids is 1.